The minimum absolute atomic E-state index is 0.246. The fourth-order valence-corrected chi connectivity index (χ4v) is 3.25. The fraction of sp³-hybridized carbons (Fsp3) is 0.174. The highest BCUT2D eigenvalue weighted by Gasteiger charge is 2.18. The third kappa shape index (κ3) is 4.24. The molecule has 0 atom stereocenters. The summed E-state index contributed by atoms with van der Waals surface area (Å²) in [6, 6.07) is 11.9. The van der Waals surface area contributed by atoms with Crippen LogP contribution in [0.3, 0.4) is 0 Å². The first-order chi connectivity index (χ1) is 15.1. The second-order valence-corrected chi connectivity index (χ2v) is 6.73. The van der Waals surface area contributed by atoms with Crippen LogP contribution in [0.15, 0.2) is 67.4 Å². The monoisotopic (exact) mass is 420 g/mol. The molecule has 0 spiro atoms. The number of ether oxygens (including phenoxy) is 2. The van der Waals surface area contributed by atoms with E-state index in [2.05, 4.69) is 9.97 Å². The molecule has 0 bridgehead atoms. The van der Waals surface area contributed by atoms with Gasteiger partial charge in [-0.1, -0.05) is 12.1 Å². The predicted molar refractivity (Wildman–Crippen MR) is 113 cm³/mol. The molecule has 0 radical (unpaired) electrons. The van der Waals surface area contributed by atoms with Gasteiger partial charge in [0, 0.05) is 36.4 Å². The van der Waals surface area contributed by atoms with E-state index in [4.69, 9.17) is 9.47 Å². The van der Waals surface area contributed by atoms with Crippen molar-refractivity contribution in [2.45, 2.75) is 13.7 Å². The number of ketones is 1. The van der Waals surface area contributed by atoms with Gasteiger partial charge in [-0.05, 0) is 42.8 Å². The fourth-order valence-electron chi connectivity index (χ4n) is 3.25. The molecule has 0 saturated carbocycles. The number of hydrogen-bond donors (Lipinski definition) is 0. The molecular weight excluding hydrogens is 399 g/mol. The van der Waals surface area contributed by atoms with Crippen LogP contribution in [0.2, 0.25) is 0 Å². The zero-order valence-corrected chi connectivity index (χ0v) is 17.2. The minimum Gasteiger partial charge on any atom is -0.496 e. The van der Waals surface area contributed by atoms with Gasteiger partial charge in [0.05, 0.1) is 7.11 Å². The van der Waals surface area contributed by atoms with Crippen molar-refractivity contribution in [3.05, 3.63) is 84.7 Å². The Bertz CT molecular complexity index is 1220. The first-order valence-corrected chi connectivity index (χ1v) is 9.72. The maximum Gasteiger partial charge on any atom is 0.248 e. The van der Waals surface area contributed by atoms with E-state index in [-0.39, 0.29) is 29.8 Å². The average Bonchev–Trinajstić information content (AvgIpc) is 3.47. The molecule has 0 N–H and O–H groups in total. The Morgan fingerprint density at radius 2 is 2.03 bits per heavy atom. The topological polar surface area (TPSA) is 71.2 Å². The van der Waals surface area contributed by atoms with Gasteiger partial charge in [-0.25, -0.2) is 14.4 Å². The van der Waals surface area contributed by atoms with E-state index < -0.39 is 0 Å². The lowest BCUT2D eigenvalue weighted by Crippen LogP contribution is -2.13. The zero-order valence-electron chi connectivity index (χ0n) is 17.2. The number of carbonyl (C=O) groups excluding carboxylic acids is 1. The molecule has 8 heteroatoms. The molecule has 4 aromatic rings. The molecule has 2 aromatic carbocycles. The minimum atomic E-state index is -0.348. The van der Waals surface area contributed by atoms with Crippen LogP contribution in [0.5, 0.6) is 5.75 Å². The molecule has 0 aliphatic rings. The van der Waals surface area contributed by atoms with Gasteiger partial charge in [0.15, 0.2) is 5.82 Å². The molecule has 2 aromatic heterocycles. The molecule has 7 nitrogen and oxygen atoms in total. The van der Waals surface area contributed by atoms with Crippen LogP contribution < -0.4 is 4.74 Å². The van der Waals surface area contributed by atoms with Crippen LogP contribution in [-0.2, 0) is 11.5 Å². The normalized spacial score (nSPS) is 10.9. The van der Waals surface area contributed by atoms with Crippen LogP contribution in [0.4, 0.5) is 4.39 Å². The highest BCUT2D eigenvalue weighted by Crippen LogP contribution is 2.31. The number of aromatic nitrogens is 4. The van der Waals surface area contributed by atoms with Crippen LogP contribution in [0, 0.1) is 5.82 Å². The predicted octanol–water partition coefficient (Wildman–Crippen LogP) is 4.11. The molecule has 158 valence electrons. The molecular formula is C23H21FN4O3. The standard InChI is InChI=1S/C23H21FN4O3/c1-3-31-15-27-10-9-25-23(27)22(29)20-13-28(14-26-20)18-6-4-5-16(11-18)19-12-17(24)7-8-21(19)30-2/h4-14H,3,15H2,1-2H3. The summed E-state index contributed by atoms with van der Waals surface area (Å²) in [4.78, 5) is 21.3. The maximum absolute atomic E-state index is 13.8. The van der Waals surface area contributed by atoms with Gasteiger partial charge in [-0.3, -0.25) is 4.79 Å². The van der Waals surface area contributed by atoms with Gasteiger partial charge in [0.2, 0.25) is 5.78 Å². The lowest BCUT2D eigenvalue weighted by molar-refractivity contribution is 0.0816. The number of methoxy groups -OCH3 is 1. The average molecular weight is 420 g/mol. The molecule has 4 rings (SSSR count). The van der Waals surface area contributed by atoms with E-state index >= 15 is 0 Å². The van der Waals surface area contributed by atoms with E-state index in [0.717, 1.165) is 11.3 Å². The molecule has 0 fully saturated rings. The summed E-state index contributed by atoms with van der Waals surface area (Å²) in [7, 11) is 1.55. The molecule has 31 heavy (non-hydrogen) atoms. The first kappa shape index (κ1) is 20.5. The van der Waals surface area contributed by atoms with Crippen molar-refractivity contribution in [2.75, 3.05) is 13.7 Å². The second-order valence-electron chi connectivity index (χ2n) is 6.73. The van der Waals surface area contributed by atoms with E-state index in [1.54, 1.807) is 47.2 Å². The van der Waals surface area contributed by atoms with Gasteiger partial charge in [0.25, 0.3) is 0 Å². The Kier molecular flexibility index (Phi) is 5.90. The summed E-state index contributed by atoms with van der Waals surface area (Å²) in [5.41, 5.74) is 2.45. The van der Waals surface area contributed by atoms with Crippen LogP contribution in [0.1, 0.15) is 23.2 Å². The number of rotatable bonds is 8. The number of carbonyl (C=O) groups is 1. The van der Waals surface area contributed by atoms with Crippen molar-refractivity contribution in [2.24, 2.45) is 0 Å². The van der Waals surface area contributed by atoms with Crippen molar-refractivity contribution >= 4 is 5.78 Å². The van der Waals surface area contributed by atoms with Crippen LogP contribution in [-0.4, -0.2) is 38.6 Å². The van der Waals surface area contributed by atoms with Crippen LogP contribution in [0.25, 0.3) is 16.8 Å². The van der Waals surface area contributed by atoms with E-state index in [9.17, 15) is 9.18 Å². The highest BCUT2D eigenvalue weighted by molar-refractivity contribution is 6.05. The highest BCUT2D eigenvalue weighted by atomic mass is 19.1. The molecule has 0 amide bonds. The van der Waals surface area contributed by atoms with Gasteiger partial charge < -0.3 is 18.6 Å². The molecule has 0 saturated heterocycles. The van der Waals surface area contributed by atoms with E-state index in [1.165, 1.54) is 12.1 Å². The summed E-state index contributed by atoms with van der Waals surface area (Å²) in [5, 5.41) is 0. The number of benzene rings is 2. The number of imidazole rings is 2. The van der Waals surface area contributed by atoms with Gasteiger partial charge in [0.1, 0.15) is 30.3 Å². The summed E-state index contributed by atoms with van der Waals surface area (Å²) in [5.74, 6) is 0.184. The summed E-state index contributed by atoms with van der Waals surface area (Å²) in [6.07, 6.45) is 6.45. The molecule has 2 heterocycles. The summed E-state index contributed by atoms with van der Waals surface area (Å²) in [6.45, 7) is 2.66. The largest absolute Gasteiger partial charge is 0.496 e. The third-order valence-electron chi connectivity index (χ3n) is 4.79. The second kappa shape index (κ2) is 8.93. The van der Waals surface area contributed by atoms with E-state index in [0.29, 0.717) is 17.9 Å². The smallest absolute Gasteiger partial charge is 0.248 e. The number of halogens is 1. The zero-order chi connectivity index (χ0) is 21.8. The number of hydrogen-bond acceptors (Lipinski definition) is 5. The Hall–Kier alpha value is -3.78. The van der Waals surface area contributed by atoms with Crippen molar-refractivity contribution < 1.29 is 18.7 Å². The van der Waals surface area contributed by atoms with Crippen molar-refractivity contribution in [1.29, 1.82) is 0 Å². The Labute approximate surface area is 178 Å². The van der Waals surface area contributed by atoms with Crippen molar-refractivity contribution in [3.8, 4) is 22.6 Å². The first-order valence-electron chi connectivity index (χ1n) is 9.72. The molecule has 0 unspecified atom stereocenters. The summed E-state index contributed by atoms with van der Waals surface area (Å²) >= 11 is 0. The Morgan fingerprint density at radius 1 is 1.16 bits per heavy atom. The van der Waals surface area contributed by atoms with Gasteiger partial charge in [-0.2, -0.15) is 0 Å². The van der Waals surface area contributed by atoms with E-state index in [1.807, 2.05) is 31.2 Å². The maximum atomic E-state index is 13.8. The SMILES string of the molecule is CCOCn1ccnc1C(=O)c1cn(-c2cccc(-c3cc(F)ccc3OC)c2)cn1. The Morgan fingerprint density at radius 3 is 2.84 bits per heavy atom. The van der Waals surface area contributed by atoms with Gasteiger partial charge in [-0.15, -0.1) is 0 Å². The van der Waals surface area contributed by atoms with Crippen molar-refractivity contribution in [1.82, 2.24) is 19.1 Å². The van der Waals surface area contributed by atoms with Gasteiger partial charge >= 0.3 is 0 Å². The lowest BCUT2D eigenvalue weighted by Gasteiger charge is -2.10. The summed E-state index contributed by atoms with van der Waals surface area (Å²) < 4.78 is 27.9. The third-order valence-corrected chi connectivity index (χ3v) is 4.79. The molecule has 0 aliphatic carbocycles. The lowest BCUT2D eigenvalue weighted by atomic mass is 10.0. The quantitative estimate of drug-likeness (QED) is 0.401. The van der Waals surface area contributed by atoms with Crippen molar-refractivity contribution in [3.63, 3.8) is 0 Å². The van der Waals surface area contributed by atoms with Crippen LogP contribution >= 0.6 is 0 Å². The molecule has 0 aliphatic heterocycles. The Balaban J connectivity index is 1.63. The number of nitrogens with zero attached hydrogens (tertiary/aromatic N) is 4.